The van der Waals surface area contributed by atoms with Crippen molar-refractivity contribution in [3.05, 3.63) is 39.6 Å². The van der Waals surface area contributed by atoms with Crippen LogP contribution in [0.15, 0.2) is 28.1 Å². The monoisotopic (exact) mass is 397 g/mol. The summed E-state index contributed by atoms with van der Waals surface area (Å²) in [6, 6.07) is 6.32. The number of carbonyl (C=O) groups is 1. The number of esters is 1. The van der Waals surface area contributed by atoms with E-state index in [0.29, 0.717) is 0 Å². The summed E-state index contributed by atoms with van der Waals surface area (Å²) in [6.07, 6.45) is 3.91. The molecule has 3 rings (SSSR count). The van der Waals surface area contributed by atoms with Gasteiger partial charge < -0.3 is 4.74 Å². The normalized spacial score (nSPS) is 21.2. The van der Waals surface area contributed by atoms with Crippen LogP contribution in [-0.2, 0) is 9.53 Å². The summed E-state index contributed by atoms with van der Waals surface area (Å²) in [6.45, 7) is 0. The number of carbonyl (C=O) groups excluding carboxylic acids is 1. The molecule has 1 aromatic carbocycles. The van der Waals surface area contributed by atoms with E-state index in [4.69, 9.17) is 9.72 Å². The number of ether oxygens (including phenoxy) is 1. The summed E-state index contributed by atoms with van der Waals surface area (Å²) < 4.78 is 19.0. The van der Waals surface area contributed by atoms with E-state index >= 15 is 0 Å². The third-order valence-corrected chi connectivity index (χ3v) is 6.12. The lowest BCUT2D eigenvalue weighted by Gasteiger charge is -2.28. The second-order valence-corrected chi connectivity index (χ2v) is 8.02. The maximum Gasteiger partial charge on any atom is 0.309 e. The SMILES string of the molecule is COC(=O)[C@@H]1CCCC[C@H]1c1nc(-c2ccc(F)cc2)sc1Br. The third-order valence-electron chi connectivity index (χ3n) is 4.32. The molecule has 23 heavy (non-hydrogen) atoms. The molecule has 2 atom stereocenters. The Hall–Kier alpha value is -1.27. The first-order valence-electron chi connectivity index (χ1n) is 7.60. The average Bonchev–Trinajstić information content (AvgIpc) is 2.96. The largest absolute Gasteiger partial charge is 0.469 e. The molecule has 0 unspecified atom stereocenters. The van der Waals surface area contributed by atoms with Crippen LogP contribution in [0.2, 0.25) is 0 Å². The van der Waals surface area contributed by atoms with Crippen LogP contribution < -0.4 is 0 Å². The second kappa shape index (κ2) is 7.09. The molecule has 1 fully saturated rings. The second-order valence-electron chi connectivity index (χ2n) is 5.71. The van der Waals surface area contributed by atoms with Gasteiger partial charge in [-0.2, -0.15) is 0 Å². The Balaban J connectivity index is 1.93. The summed E-state index contributed by atoms with van der Waals surface area (Å²) in [4.78, 5) is 16.8. The number of thiazole rings is 1. The minimum Gasteiger partial charge on any atom is -0.469 e. The zero-order valence-electron chi connectivity index (χ0n) is 12.7. The fourth-order valence-corrected chi connectivity index (χ4v) is 4.86. The van der Waals surface area contributed by atoms with Gasteiger partial charge in [-0.25, -0.2) is 9.37 Å². The molecule has 1 saturated carbocycles. The molecule has 6 heteroatoms. The molecule has 3 nitrogen and oxygen atoms in total. The van der Waals surface area contributed by atoms with Crippen LogP contribution in [0, 0.1) is 11.7 Å². The lowest BCUT2D eigenvalue weighted by atomic mass is 9.78. The van der Waals surface area contributed by atoms with E-state index < -0.39 is 0 Å². The Kier molecular flexibility index (Phi) is 5.11. The van der Waals surface area contributed by atoms with Gasteiger partial charge in [0.05, 0.1) is 22.5 Å². The molecule has 1 aromatic heterocycles. The first kappa shape index (κ1) is 16.6. The van der Waals surface area contributed by atoms with Crippen LogP contribution in [0.25, 0.3) is 10.6 Å². The highest BCUT2D eigenvalue weighted by Crippen LogP contribution is 2.44. The van der Waals surface area contributed by atoms with E-state index in [-0.39, 0.29) is 23.6 Å². The van der Waals surface area contributed by atoms with Crippen molar-refractivity contribution >= 4 is 33.2 Å². The van der Waals surface area contributed by atoms with E-state index in [0.717, 1.165) is 45.7 Å². The molecule has 0 aliphatic heterocycles. The fourth-order valence-electron chi connectivity index (χ4n) is 3.15. The minimum absolute atomic E-state index is 0.0797. The zero-order valence-corrected chi connectivity index (χ0v) is 15.1. The molecule has 0 N–H and O–H groups in total. The highest BCUT2D eigenvalue weighted by molar-refractivity contribution is 9.11. The number of nitrogens with zero attached hydrogens (tertiary/aromatic N) is 1. The van der Waals surface area contributed by atoms with Crippen LogP contribution in [-0.4, -0.2) is 18.1 Å². The molecule has 0 spiro atoms. The summed E-state index contributed by atoms with van der Waals surface area (Å²) in [5.74, 6) is -0.468. The van der Waals surface area contributed by atoms with Crippen LogP contribution in [0.1, 0.15) is 37.3 Å². The number of rotatable bonds is 3. The molecule has 0 radical (unpaired) electrons. The van der Waals surface area contributed by atoms with Crippen molar-refractivity contribution in [2.45, 2.75) is 31.6 Å². The van der Waals surface area contributed by atoms with Gasteiger partial charge in [-0.15, -0.1) is 11.3 Å². The number of aromatic nitrogens is 1. The summed E-state index contributed by atoms with van der Waals surface area (Å²) in [7, 11) is 1.44. The van der Waals surface area contributed by atoms with Crippen LogP contribution in [0.5, 0.6) is 0 Å². The maximum absolute atomic E-state index is 13.1. The zero-order chi connectivity index (χ0) is 16.4. The Labute approximate surface area is 147 Å². The Morgan fingerprint density at radius 2 is 2.00 bits per heavy atom. The summed E-state index contributed by atoms with van der Waals surface area (Å²) in [5, 5.41) is 0.834. The van der Waals surface area contributed by atoms with Gasteiger partial charge in [0.1, 0.15) is 10.8 Å². The van der Waals surface area contributed by atoms with Gasteiger partial charge in [0.25, 0.3) is 0 Å². The van der Waals surface area contributed by atoms with Crippen molar-refractivity contribution in [1.29, 1.82) is 0 Å². The van der Waals surface area contributed by atoms with Crippen molar-refractivity contribution in [3.63, 3.8) is 0 Å². The Bertz CT molecular complexity index is 701. The third kappa shape index (κ3) is 3.48. The molecule has 0 amide bonds. The standard InChI is InChI=1S/C17H17BrFNO2S/c1-22-17(21)13-5-3-2-4-12(13)14-15(18)23-16(20-14)10-6-8-11(19)9-7-10/h6-9,12-13H,2-5H2,1H3/t12-,13-/m1/s1. The predicted molar refractivity (Wildman–Crippen MR) is 91.9 cm³/mol. The van der Waals surface area contributed by atoms with Gasteiger partial charge in [-0.05, 0) is 53.0 Å². The smallest absolute Gasteiger partial charge is 0.309 e. The Morgan fingerprint density at radius 1 is 1.30 bits per heavy atom. The molecule has 2 aromatic rings. The van der Waals surface area contributed by atoms with E-state index in [1.54, 1.807) is 12.1 Å². The maximum atomic E-state index is 13.1. The van der Waals surface area contributed by atoms with Gasteiger partial charge >= 0.3 is 5.97 Å². The first-order valence-corrected chi connectivity index (χ1v) is 9.21. The molecule has 1 aliphatic carbocycles. The number of methoxy groups -OCH3 is 1. The lowest BCUT2D eigenvalue weighted by Crippen LogP contribution is -2.27. The fraction of sp³-hybridized carbons (Fsp3) is 0.412. The average molecular weight is 398 g/mol. The molecule has 1 heterocycles. The highest BCUT2D eigenvalue weighted by atomic mass is 79.9. The van der Waals surface area contributed by atoms with E-state index in [1.165, 1.54) is 30.6 Å². The lowest BCUT2D eigenvalue weighted by molar-refractivity contribution is -0.147. The van der Waals surface area contributed by atoms with E-state index in [1.807, 2.05) is 0 Å². The van der Waals surface area contributed by atoms with Crippen LogP contribution in [0.4, 0.5) is 4.39 Å². The molecular formula is C17H17BrFNO2S. The molecule has 0 bridgehead atoms. The Morgan fingerprint density at radius 3 is 2.70 bits per heavy atom. The van der Waals surface area contributed by atoms with Crippen molar-refractivity contribution in [3.8, 4) is 10.6 Å². The summed E-state index contributed by atoms with van der Waals surface area (Å²) in [5.41, 5.74) is 1.80. The minimum atomic E-state index is -0.261. The van der Waals surface area contributed by atoms with Gasteiger partial charge in [0.2, 0.25) is 0 Å². The van der Waals surface area contributed by atoms with Crippen molar-refractivity contribution in [2.75, 3.05) is 7.11 Å². The van der Waals surface area contributed by atoms with Gasteiger partial charge in [0.15, 0.2) is 0 Å². The predicted octanol–water partition coefficient (Wildman–Crippen LogP) is 5.16. The molecular weight excluding hydrogens is 381 g/mol. The number of halogens is 2. The van der Waals surface area contributed by atoms with Crippen molar-refractivity contribution < 1.29 is 13.9 Å². The van der Waals surface area contributed by atoms with Gasteiger partial charge in [0, 0.05) is 11.5 Å². The molecule has 0 saturated heterocycles. The topological polar surface area (TPSA) is 39.2 Å². The van der Waals surface area contributed by atoms with Crippen molar-refractivity contribution in [2.24, 2.45) is 5.92 Å². The quantitative estimate of drug-likeness (QED) is 0.671. The van der Waals surface area contributed by atoms with Crippen LogP contribution >= 0.6 is 27.3 Å². The van der Waals surface area contributed by atoms with Gasteiger partial charge in [-0.3, -0.25) is 4.79 Å². The molecule has 1 aliphatic rings. The van der Waals surface area contributed by atoms with E-state index in [9.17, 15) is 9.18 Å². The first-order chi connectivity index (χ1) is 11.1. The van der Waals surface area contributed by atoms with Crippen LogP contribution in [0.3, 0.4) is 0 Å². The van der Waals surface area contributed by atoms with E-state index in [2.05, 4.69) is 15.9 Å². The molecule has 122 valence electrons. The van der Waals surface area contributed by atoms with Gasteiger partial charge in [-0.1, -0.05) is 12.8 Å². The number of benzene rings is 1. The highest BCUT2D eigenvalue weighted by Gasteiger charge is 2.35. The number of hydrogen-bond acceptors (Lipinski definition) is 4. The summed E-state index contributed by atoms with van der Waals surface area (Å²) >= 11 is 5.11. The van der Waals surface area contributed by atoms with Crippen molar-refractivity contribution in [1.82, 2.24) is 4.98 Å². The number of hydrogen-bond donors (Lipinski definition) is 0.